The van der Waals surface area contributed by atoms with Crippen molar-refractivity contribution in [3.8, 4) is 11.5 Å². The van der Waals surface area contributed by atoms with E-state index in [4.69, 9.17) is 14.2 Å². The van der Waals surface area contributed by atoms with Crippen LogP contribution in [0.5, 0.6) is 11.5 Å². The number of nitro groups is 1. The predicted molar refractivity (Wildman–Crippen MR) is 113 cm³/mol. The van der Waals surface area contributed by atoms with Crippen molar-refractivity contribution in [3.63, 3.8) is 0 Å². The van der Waals surface area contributed by atoms with E-state index in [1.54, 1.807) is 6.07 Å². The van der Waals surface area contributed by atoms with Gasteiger partial charge in [0.25, 0.3) is 5.69 Å². The van der Waals surface area contributed by atoms with E-state index in [1.165, 1.54) is 24.3 Å². The number of hydrogen-bond donors (Lipinski definition) is 0. The quantitative estimate of drug-likeness (QED) is 0.240. The first kappa shape index (κ1) is 21.1. The molecule has 0 N–H and O–H groups in total. The third-order valence-electron chi connectivity index (χ3n) is 5.30. The number of aryl methyl sites for hydroxylation is 1. The lowest BCUT2D eigenvalue weighted by atomic mass is 10.1. The summed E-state index contributed by atoms with van der Waals surface area (Å²) in [4.78, 5) is 35.0. The molecule has 32 heavy (non-hydrogen) atoms. The van der Waals surface area contributed by atoms with Crippen molar-refractivity contribution in [3.05, 3.63) is 86.7 Å². The number of nitro benzene ring substituents is 1. The van der Waals surface area contributed by atoms with Crippen LogP contribution < -0.4 is 9.47 Å². The van der Waals surface area contributed by atoms with E-state index in [1.807, 2.05) is 36.6 Å². The number of carbonyl (C=O) groups is 2. The first-order valence-electron chi connectivity index (χ1n) is 9.83. The molecule has 0 saturated heterocycles. The number of esters is 1. The number of Topliss-reactive ketones (excluding diaryl/α,β-unsaturated/α-hetero) is 1. The summed E-state index contributed by atoms with van der Waals surface area (Å²) in [6.45, 7) is 4.07. The van der Waals surface area contributed by atoms with Gasteiger partial charge >= 0.3 is 5.97 Å². The van der Waals surface area contributed by atoms with Gasteiger partial charge in [0.15, 0.2) is 18.1 Å². The summed E-state index contributed by atoms with van der Waals surface area (Å²) >= 11 is 0. The lowest BCUT2D eigenvalue weighted by molar-refractivity contribution is -0.384. The number of nitrogens with zero attached hydrogens (tertiary/aromatic N) is 2. The third kappa shape index (κ3) is 4.18. The minimum Gasteiger partial charge on any atom is -0.454 e. The Labute approximate surface area is 183 Å². The van der Waals surface area contributed by atoms with Crippen molar-refractivity contribution in [2.45, 2.75) is 20.4 Å². The standard InChI is InChI=1S/C23H20N2O7/c1-14-9-19(15(2)24(14)11-16-3-8-21-22(10-16)32-13-31-21)20(26)12-30-23(27)17-4-6-18(7-5-17)25(28)29/h3-10H,11-13H2,1-2H3. The van der Waals surface area contributed by atoms with Gasteiger partial charge in [-0.25, -0.2) is 4.79 Å². The Morgan fingerprint density at radius 1 is 1.06 bits per heavy atom. The average Bonchev–Trinajstić information content (AvgIpc) is 3.36. The largest absolute Gasteiger partial charge is 0.454 e. The topological polar surface area (TPSA) is 110 Å². The van der Waals surface area contributed by atoms with Gasteiger partial charge in [-0.15, -0.1) is 0 Å². The number of non-ortho nitro benzene ring substituents is 1. The maximum absolute atomic E-state index is 12.7. The van der Waals surface area contributed by atoms with Crippen LogP contribution in [0.1, 0.15) is 37.7 Å². The molecule has 0 atom stereocenters. The molecule has 0 spiro atoms. The Hall–Kier alpha value is -4.14. The van der Waals surface area contributed by atoms with Gasteiger partial charge in [0, 0.05) is 35.6 Å². The van der Waals surface area contributed by atoms with Crippen molar-refractivity contribution in [2.24, 2.45) is 0 Å². The van der Waals surface area contributed by atoms with Gasteiger partial charge in [0.1, 0.15) is 0 Å². The van der Waals surface area contributed by atoms with Crippen LogP contribution in [-0.4, -0.2) is 34.6 Å². The van der Waals surface area contributed by atoms with E-state index in [0.717, 1.165) is 17.0 Å². The monoisotopic (exact) mass is 436 g/mol. The van der Waals surface area contributed by atoms with E-state index in [-0.39, 0.29) is 23.8 Å². The first-order valence-corrected chi connectivity index (χ1v) is 9.83. The van der Waals surface area contributed by atoms with E-state index in [9.17, 15) is 19.7 Å². The fourth-order valence-corrected chi connectivity index (χ4v) is 3.56. The Kier molecular flexibility index (Phi) is 5.63. The summed E-state index contributed by atoms with van der Waals surface area (Å²) in [5.74, 6) is 0.354. The van der Waals surface area contributed by atoms with E-state index in [0.29, 0.717) is 23.6 Å². The Bertz CT molecular complexity index is 1210. The molecule has 0 amide bonds. The van der Waals surface area contributed by atoms with Gasteiger partial charge in [0.05, 0.1) is 10.5 Å². The minimum atomic E-state index is -0.720. The summed E-state index contributed by atoms with van der Waals surface area (Å²) in [5, 5.41) is 10.7. The predicted octanol–water partition coefficient (Wildman–Crippen LogP) is 3.83. The molecule has 0 radical (unpaired) electrons. The molecule has 0 fully saturated rings. The zero-order valence-corrected chi connectivity index (χ0v) is 17.5. The van der Waals surface area contributed by atoms with Crippen LogP contribution in [0.25, 0.3) is 0 Å². The molecular formula is C23H20N2O7. The van der Waals surface area contributed by atoms with Crippen molar-refractivity contribution in [2.75, 3.05) is 13.4 Å². The fraction of sp³-hybridized carbons (Fsp3) is 0.217. The lowest BCUT2D eigenvalue weighted by Crippen LogP contribution is -2.15. The van der Waals surface area contributed by atoms with Crippen LogP contribution in [-0.2, 0) is 11.3 Å². The average molecular weight is 436 g/mol. The fourth-order valence-electron chi connectivity index (χ4n) is 3.56. The van der Waals surface area contributed by atoms with Crippen molar-refractivity contribution >= 4 is 17.4 Å². The van der Waals surface area contributed by atoms with Crippen LogP contribution in [0.4, 0.5) is 5.69 Å². The summed E-state index contributed by atoms with van der Waals surface area (Å²) in [7, 11) is 0. The van der Waals surface area contributed by atoms with Gasteiger partial charge in [-0.3, -0.25) is 14.9 Å². The molecule has 4 rings (SSSR count). The first-order chi connectivity index (χ1) is 15.3. The SMILES string of the molecule is Cc1cc(C(=O)COC(=O)c2ccc([N+](=O)[O-])cc2)c(C)n1Cc1ccc2c(c1)OCO2. The van der Waals surface area contributed by atoms with Gasteiger partial charge in [-0.1, -0.05) is 6.07 Å². The highest BCUT2D eigenvalue weighted by Gasteiger charge is 2.19. The van der Waals surface area contributed by atoms with Crippen molar-refractivity contribution < 1.29 is 28.7 Å². The number of carbonyl (C=O) groups excluding carboxylic acids is 2. The number of aromatic nitrogens is 1. The summed E-state index contributed by atoms with van der Waals surface area (Å²) < 4.78 is 17.9. The molecule has 0 saturated carbocycles. The second-order valence-corrected chi connectivity index (χ2v) is 7.36. The van der Waals surface area contributed by atoms with E-state index in [2.05, 4.69) is 0 Å². The Balaban J connectivity index is 1.43. The lowest BCUT2D eigenvalue weighted by Gasteiger charge is -2.11. The molecule has 9 heteroatoms. The number of benzene rings is 2. The highest BCUT2D eigenvalue weighted by Crippen LogP contribution is 2.33. The molecule has 2 heterocycles. The van der Waals surface area contributed by atoms with Crippen molar-refractivity contribution in [1.29, 1.82) is 0 Å². The summed E-state index contributed by atoms with van der Waals surface area (Å²) in [5.41, 5.74) is 3.13. The molecule has 9 nitrogen and oxygen atoms in total. The molecule has 164 valence electrons. The van der Waals surface area contributed by atoms with Gasteiger partial charge in [-0.05, 0) is 49.7 Å². The number of rotatable bonds is 7. The number of fused-ring (bicyclic) bond motifs is 1. The highest BCUT2D eigenvalue weighted by molar-refractivity contribution is 6.00. The summed E-state index contributed by atoms with van der Waals surface area (Å²) in [6, 6.07) is 12.5. The molecule has 2 aromatic carbocycles. The van der Waals surface area contributed by atoms with Crippen LogP contribution in [0.15, 0.2) is 48.5 Å². The normalized spacial score (nSPS) is 11.9. The number of hydrogen-bond acceptors (Lipinski definition) is 7. The van der Waals surface area contributed by atoms with Crippen LogP contribution in [0.3, 0.4) is 0 Å². The minimum absolute atomic E-state index is 0.132. The smallest absolute Gasteiger partial charge is 0.338 e. The zero-order valence-electron chi connectivity index (χ0n) is 17.5. The van der Waals surface area contributed by atoms with Gasteiger partial charge in [-0.2, -0.15) is 0 Å². The highest BCUT2D eigenvalue weighted by atomic mass is 16.7. The zero-order chi connectivity index (χ0) is 22.8. The molecule has 0 aliphatic carbocycles. The van der Waals surface area contributed by atoms with Crippen molar-refractivity contribution in [1.82, 2.24) is 4.57 Å². The molecule has 3 aromatic rings. The molecule has 0 unspecified atom stereocenters. The Morgan fingerprint density at radius 3 is 2.50 bits per heavy atom. The third-order valence-corrected chi connectivity index (χ3v) is 5.30. The summed E-state index contributed by atoms with van der Waals surface area (Å²) in [6.07, 6.45) is 0. The Morgan fingerprint density at radius 2 is 1.78 bits per heavy atom. The molecule has 1 aliphatic rings. The van der Waals surface area contributed by atoms with Crippen LogP contribution in [0, 0.1) is 24.0 Å². The van der Waals surface area contributed by atoms with Crippen LogP contribution >= 0.6 is 0 Å². The molecule has 1 aromatic heterocycles. The maximum atomic E-state index is 12.7. The van der Waals surface area contributed by atoms with E-state index < -0.39 is 17.5 Å². The molecular weight excluding hydrogens is 416 g/mol. The number of ketones is 1. The van der Waals surface area contributed by atoms with Crippen LogP contribution in [0.2, 0.25) is 0 Å². The molecule has 1 aliphatic heterocycles. The van der Waals surface area contributed by atoms with Gasteiger partial charge < -0.3 is 18.8 Å². The number of ether oxygens (including phenoxy) is 3. The van der Waals surface area contributed by atoms with Gasteiger partial charge in [0.2, 0.25) is 12.6 Å². The maximum Gasteiger partial charge on any atom is 0.338 e. The second kappa shape index (κ2) is 8.54. The molecule has 0 bridgehead atoms. The van der Waals surface area contributed by atoms with E-state index >= 15 is 0 Å². The second-order valence-electron chi connectivity index (χ2n) is 7.36.